The molecule has 0 radical (unpaired) electrons. The van der Waals surface area contributed by atoms with Gasteiger partial charge in [0.1, 0.15) is 5.03 Å². The fourth-order valence-electron chi connectivity index (χ4n) is 1.39. The molecule has 16 heavy (non-hydrogen) atoms. The molecule has 1 rings (SSSR count). The van der Waals surface area contributed by atoms with E-state index in [1.54, 1.807) is 0 Å². The molecular weight excluding hydrogens is 238 g/mol. The smallest absolute Gasteiger partial charge is 0.352 e. The Labute approximate surface area is 95.7 Å². The second-order valence-corrected chi connectivity index (χ2v) is 3.46. The van der Waals surface area contributed by atoms with Crippen LogP contribution in [0.15, 0.2) is 10.7 Å². The summed E-state index contributed by atoms with van der Waals surface area (Å²) in [6.07, 6.45) is -1.18. The summed E-state index contributed by atoms with van der Waals surface area (Å²) in [5, 5.41) is 2.35. The largest absolute Gasteiger partial charge is 0.450 e. The van der Waals surface area contributed by atoms with Crippen molar-refractivity contribution in [2.24, 2.45) is 17.4 Å². The number of carbonyl (C=O) groups excluding carboxylic acids is 3. The van der Waals surface area contributed by atoms with Gasteiger partial charge in [-0.1, -0.05) is 11.6 Å². The molecule has 1 atom stereocenters. The lowest BCUT2D eigenvalue weighted by molar-refractivity contribution is -0.146. The van der Waals surface area contributed by atoms with Crippen LogP contribution in [0.5, 0.6) is 0 Å². The number of likely N-dealkylation sites (N-methyl/N-ethyl adjacent to an activating group) is 1. The molecule has 1 aliphatic heterocycles. The van der Waals surface area contributed by atoms with E-state index in [0.717, 1.165) is 0 Å². The number of hydrogen-bond acceptors (Lipinski definition) is 5. The van der Waals surface area contributed by atoms with Crippen LogP contribution in [0.4, 0.5) is 0 Å². The average molecular weight is 248 g/mol. The first kappa shape index (κ1) is 12.3. The first-order valence-corrected chi connectivity index (χ1v) is 4.65. The lowest BCUT2D eigenvalue weighted by atomic mass is 9.99. The molecule has 0 spiro atoms. The van der Waals surface area contributed by atoms with Crippen molar-refractivity contribution in [1.29, 1.82) is 0 Å². The zero-order valence-corrected chi connectivity index (χ0v) is 9.08. The van der Waals surface area contributed by atoms with E-state index >= 15 is 0 Å². The minimum Gasteiger partial charge on any atom is -0.450 e. The second-order valence-electron chi connectivity index (χ2n) is 3.09. The van der Waals surface area contributed by atoms with Gasteiger partial charge in [-0.15, -0.1) is 0 Å². The van der Waals surface area contributed by atoms with E-state index in [0.29, 0.717) is 0 Å². The third kappa shape index (κ3) is 1.94. The molecule has 88 valence electrons. The van der Waals surface area contributed by atoms with Crippen LogP contribution in [-0.4, -0.2) is 30.9 Å². The van der Waals surface area contributed by atoms with Crippen LogP contribution in [-0.2, 0) is 19.1 Å². The van der Waals surface area contributed by atoms with E-state index in [-0.39, 0.29) is 10.7 Å². The van der Waals surface area contributed by atoms with Crippen molar-refractivity contribution >= 4 is 29.4 Å². The molecule has 1 heterocycles. The fraction of sp³-hybridized carbons (Fsp3) is 0.375. The van der Waals surface area contributed by atoms with Gasteiger partial charge in [0.25, 0.3) is 0 Å². The van der Waals surface area contributed by atoms with Crippen LogP contribution in [0.2, 0.25) is 0 Å². The second kappa shape index (κ2) is 4.40. The Bertz CT molecular complexity index is 379. The number of primary amides is 2. The molecule has 0 bridgehead atoms. The van der Waals surface area contributed by atoms with E-state index in [4.69, 9.17) is 27.8 Å². The van der Waals surface area contributed by atoms with Crippen molar-refractivity contribution in [3.8, 4) is 0 Å². The van der Waals surface area contributed by atoms with Crippen molar-refractivity contribution in [1.82, 2.24) is 5.32 Å². The minimum absolute atomic E-state index is 0.120. The number of halogens is 1. The van der Waals surface area contributed by atoms with Crippen LogP contribution in [0.1, 0.15) is 0 Å². The molecule has 0 fully saturated rings. The highest BCUT2D eigenvalue weighted by molar-refractivity contribution is 6.42. The first-order chi connectivity index (χ1) is 7.40. The number of ether oxygens (including phenoxy) is 1. The van der Waals surface area contributed by atoms with Gasteiger partial charge < -0.3 is 21.5 Å². The van der Waals surface area contributed by atoms with Crippen LogP contribution >= 0.6 is 11.6 Å². The van der Waals surface area contributed by atoms with Gasteiger partial charge in [0.2, 0.25) is 11.8 Å². The highest BCUT2D eigenvalue weighted by Crippen LogP contribution is 2.28. The van der Waals surface area contributed by atoms with Gasteiger partial charge >= 0.3 is 5.97 Å². The number of hydrogen-bond donors (Lipinski definition) is 3. The molecule has 7 nitrogen and oxygen atoms in total. The Morgan fingerprint density at radius 2 is 1.94 bits per heavy atom. The Kier molecular flexibility index (Phi) is 3.38. The molecule has 0 aromatic carbocycles. The Morgan fingerprint density at radius 3 is 2.31 bits per heavy atom. The molecule has 0 aromatic heterocycles. The SMILES string of the molecule is CNC1=C(Cl)C(=O)O[C@H]1C(C(N)=O)C(N)=O. The summed E-state index contributed by atoms with van der Waals surface area (Å²) >= 11 is 5.62. The number of nitrogens with one attached hydrogen (secondary N) is 1. The van der Waals surface area contributed by atoms with Crippen molar-refractivity contribution in [3.05, 3.63) is 10.7 Å². The third-order valence-corrected chi connectivity index (χ3v) is 2.48. The number of nitrogens with two attached hydrogens (primary N) is 2. The summed E-state index contributed by atoms with van der Waals surface area (Å²) in [5.41, 5.74) is 10.1. The number of amides is 2. The van der Waals surface area contributed by atoms with Gasteiger partial charge in [-0.3, -0.25) is 9.59 Å². The predicted octanol–water partition coefficient (Wildman–Crippen LogP) is -1.83. The summed E-state index contributed by atoms with van der Waals surface area (Å²) in [6, 6.07) is 0. The van der Waals surface area contributed by atoms with Gasteiger partial charge in [-0.2, -0.15) is 0 Å². The van der Waals surface area contributed by atoms with E-state index in [1.807, 2.05) is 0 Å². The predicted molar refractivity (Wildman–Crippen MR) is 53.7 cm³/mol. The highest BCUT2D eigenvalue weighted by atomic mass is 35.5. The summed E-state index contributed by atoms with van der Waals surface area (Å²) < 4.78 is 4.75. The molecule has 2 amide bonds. The standard InChI is InChI=1S/C8H10ClN3O4/c1-12-4-3(9)8(15)16-5(4)2(6(10)13)7(11)14/h2,5,12H,1H3,(H2,10,13)(H2,11,14)/t5-/m0/s1. The van der Waals surface area contributed by atoms with Crippen LogP contribution in [0.3, 0.4) is 0 Å². The lowest BCUT2D eigenvalue weighted by Gasteiger charge is -2.19. The first-order valence-electron chi connectivity index (χ1n) is 4.27. The van der Waals surface area contributed by atoms with Crippen molar-refractivity contribution < 1.29 is 19.1 Å². The Morgan fingerprint density at radius 1 is 1.44 bits per heavy atom. The van der Waals surface area contributed by atoms with Gasteiger partial charge in [-0.25, -0.2) is 4.79 Å². The molecule has 8 heteroatoms. The maximum atomic E-state index is 11.1. The fourth-order valence-corrected chi connectivity index (χ4v) is 1.63. The Balaban J connectivity index is 3.10. The molecule has 0 saturated carbocycles. The minimum atomic E-state index is -1.44. The molecule has 0 aliphatic carbocycles. The Hall–Kier alpha value is -1.76. The normalized spacial score (nSPS) is 19.9. The van der Waals surface area contributed by atoms with E-state index in [2.05, 4.69) is 5.32 Å². The van der Waals surface area contributed by atoms with E-state index in [1.165, 1.54) is 7.05 Å². The maximum Gasteiger partial charge on any atom is 0.352 e. The lowest BCUT2D eigenvalue weighted by Crippen LogP contribution is -2.45. The number of esters is 1. The molecule has 1 aliphatic rings. The molecule has 0 unspecified atom stereocenters. The van der Waals surface area contributed by atoms with E-state index < -0.39 is 29.8 Å². The molecule has 0 saturated heterocycles. The quantitative estimate of drug-likeness (QED) is 0.398. The van der Waals surface area contributed by atoms with Crippen molar-refractivity contribution in [2.75, 3.05) is 7.05 Å². The molecule has 5 N–H and O–H groups in total. The van der Waals surface area contributed by atoms with Crippen molar-refractivity contribution in [3.63, 3.8) is 0 Å². The van der Waals surface area contributed by atoms with Crippen molar-refractivity contribution in [2.45, 2.75) is 6.10 Å². The summed E-state index contributed by atoms with van der Waals surface area (Å²) in [5.74, 6) is -4.24. The molecular formula is C8H10ClN3O4. The zero-order valence-electron chi connectivity index (χ0n) is 8.32. The van der Waals surface area contributed by atoms with Gasteiger partial charge in [0.15, 0.2) is 12.0 Å². The van der Waals surface area contributed by atoms with Gasteiger partial charge in [0.05, 0.1) is 5.70 Å². The summed E-state index contributed by atoms with van der Waals surface area (Å²) in [7, 11) is 1.46. The van der Waals surface area contributed by atoms with Gasteiger partial charge in [0, 0.05) is 7.05 Å². The molecule has 0 aromatic rings. The average Bonchev–Trinajstić information content (AvgIpc) is 2.41. The number of carbonyl (C=O) groups is 3. The highest BCUT2D eigenvalue weighted by Gasteiger charge is 2.43. The topological polar surface area (TPSA) is 125 Å². The zero-order chi connectivity index (χ0) is 12.5. The van der Waals surface area contributed by atoms with E-state index in [9.17, 15) is 14.4 Å². The van der Waals surface area contributed by atoms with Crippen LogP contribution in [0.25, 0.3) is 0 Å². The summed E-state index contributed by atoms with van der Waals surface area (Å²) in [4.78, 5) is 33.2. The number of cyclic esters (lactones) is 1. The third-order valence-electron chi connectivity index (χ3n) is 2.12. The van der Waals surface area contributed by atoms with Crippen LogP contribution < -0.4 is 16.8 Å². The maximum absolute atomic E-state index is 11.1. The summed E-state index contributed by atoms with van der Waals surface area (Å²) in [6.45, 7) is 0. The van der Waals surface area contributed by atoms with Crippen LogP contribution in [0, 0.1) is 5.92 Å². The monoisotopic (exact) mass is 247 g/mol. The van der Waals surface area contributed by atoms with Gasteiger partial charge in [-0.05, 0) is 0 Å². The number of rotatable bonds is 4.